The van der Waals surface area contributed by atoms with Crippen molar-refractivity contribution in [3.05, 3.63) is 90.0 Å². The molecule has 3 aromatic carbocycles. The van der Waals surface area contributed by atoms with Crippen molar-refractivity contribution in [2.45, 2.75) is 13.0 Å². The maximum Gasteiger partial charge on any atom is 0.0294 e. The van der Waals surface area contributed by atoms with Crippen LogP contribution in [0.1, 0.15) is 24.1 Å². The van der Waals surface area contributed by atoms with Gasteiger partial charge in [-0.05, 0) is 28.8 Å². The third-order valence-electron chi connectivity index (χ3n) is 3.96. The average Bonchev–Trinajstić information content (AvgIpc) is 2.59. The van der Waals surface area contributed by atoms with Crippen molar-refractivity contribution < 1.29 is 0 Å². The van der Waals surface area contributed by atoms with E-state index in [1.807, 2.05) is 0 Å². The standard InChI is InChI=1S/C21H21N/c1-17(18-9-3-2-4-10-18)22-16-8-14-20-13-7-12-19-11-5-6-15-21(19)20/h2-15,17,22H,16H2,1H3/b14-8+. The summed E-state index contributed by atoms with van der Waals surface area (Å²) in [6.45, 7) is 3.06. The molecule has 1 heteroatoms. The van der Waals surface area contributed by atoms with Crippen molar-refractivity contribution in [1.82, 2.24) is 5.32 Å². The molecule has 0 aliphatic rings. The maximum absolute atomic E-state index is 3.53. The van der Waals surface area contributed by atoms with Gasteiger partial charge in [-0.25, -0.2) is 0 Å². The van der Waals surface area contributed by atoms with Crippen LogP contribution in [0.15, 0.2) is 78.9 Å². The van der Waals surface area contributed by atoms with Gasteiger partial charge in [0.2, 0.25) is 0 Å². The Morgan fingerprint density at radius 3 is 2.45 bits per heavy atom. The van der Waals surface area contributed by atoms with Crippen molar-refractivity contribution in [3.8, 4) is 0 Å². The summed E-state index contributed by atoms with van der Waals surface area (Å²) in [6, 6.07) is 25.8. The number of fused-ring (bicyclic) bond motifs is 1. The quantitative estimate of drug-likeness (QED) is 0.679. The summed E-state index contributed by atoms with van der Waals surface area (Å²) in [4.78, 5) is 0. The topological polar surface area (TPSA) is 12.0 Å². The minimum atomic E-state index is 0.360. The fraction of sp³-hybridized carbons (Fsp3) is 0.143. The third-order valence-corrected chi connectivity index (χ3v) is 3.96. The highest BCUT2D eigenvalue weighted by molar-refractivity contribution is 5.90. The smallest absolute Gasteiger partial charge is 0.0294 e. The van der Waals surface area contributed by atoms with Crippen LogP contribution in [0.2, 0.25) is 0 Å². The summed E-state index contributed by atoms with van der Waals surface area (Å²) >= 11 is 0. The zero-order chi connectivity index (χ0) is 15.2. The number of hydrogen-bond acceptors (Lipinski definition) is 1. The van der Waals surface area contributed by atoms with E-state index in [0.717, 1.165) is 6.54 Å². The molecular weight excluding hydrogens is 266 g/mol. The summed E-state index contributed by atoms with van der Waals surface area (Å²) in [7, 11) is 0. The van der Waals surface area contributed by atoms with Crippen LogP contribution in [0.3, 0.4) is 0 Å². The largest absolute Gasteiger partial charge is 0.307 e. The lowest BCUT2D eigenvalue weighted by molar-refractivity contribution is 0.618. The fourth-order valence-electron chi connectivity index (χ4n) is 2.69. The Labute approximate surface area is 132 Å². The number of benzene rings is 3. The average molecular weight is 287 g/mol. The van der Waals surface area contributed by atoms with Gasteiger partial charge in [0.15, 0.2) is 0 Å². The Morgan fingerprint density at radius 2 is 1.59 bits per heavy atom. The maximum atomic E-state index is 3.53. The second-order valence-corrected chi connectivity index (χ2v) is 5.51. The van der Waals surface area contributed by atoms with E-state index in [1.54, 1.807) is 0 Å². The highest BCUT2D eigenvalue weighted by Crippen LogP contribution is 2.19. The molecule has 22 heavy (non-hydrogen) atoms. The molecule has 0 radical (unpaired) electrons. The van der Waals surface area contributed by atoms with Gasteiger partial charge in [-0.1, -0.05) is 84.9 Å². The monoisotopic (exact) mass is 287 g/mol. The molecule has 110 valence electrons. The van der Waals surface area contributed by atoms with E-state index in [-0.39, 0.29) is 0 Å². The van der Waals surface area contributed by atoms with Crippen LogP contribution in [0, 0.1) is 0 Å². The molecule has 0 saturated heterocycles. The lowest BCUT2D eigenvalue weighted by atomic mass is 10.0. The molecule has 0 heterocycles. The van der Waals surface area contributed by atoms with E-state index in [1.165, 1.54) is 21.9 Å². The molecule has 1 unspecified atom stereocenters. The van der Waals surface area contributed by atoms with Gasteiger partial charge in [-0.15, -0.1) is 0 Å². The van der Waals surface area contributed by atoms with Gasteiger partial charge in [-0.2, -0.15) is 0 Å². The van der Waals surface area contributed by atoms with Gasteiger partial charge in [-0.3, -0.25) is 0 Å². The van der Waals surface area contributed by atoms with Crippen LogP contribution >= 0.6 is 0 Å². The molecule has 1 atom stereocenters. The van der Waals surface area contributed by atoms with Gasteiger partial charge < -0.3 is 5.32 Å². The molecule has 0 bridgehead atoms. The number of rotatable bonds is 5. The summed E-state index contributed by atoms with van der Waals surface area (Å²) in [5.74, 6) is 0. The van der Waals surface area contributed by atoms with Crippen LogP contribution in [0.5, 0.6) is 0 Å². The molecule has 1 N–H and O–H groups in total. The van der Waals surface area contributed by atoms with Crippen molar-refractivity contribution in [2.75, 3.05) is 6.54 Å². The first-order chi connectivity index (χ1) is 10.8. The van der Waals surface area contributed by atoms with Gasteiger partial charge >= 0.3 is 0 Å². The molecule has 0 aliphatic heterocycles. The Balaban J connectivity index is 1.65. The van der Waals surface area contributed by atoms with E-state index >= 15 is 0 Å². The molecule has 3 aromatic rings. The Bertz CT molecular complexity index is 754. The fourth-order valence-corrected chi connectivity index (χ4v) is 2.69. The van der Waals surface area contributed by atoms with E-state index in [4.69, 9.17) is 0 Å². The zero-order valence-electron chi connectivity index (χ0n) is 12.9. The molecular formula is C21H21N. The van der Waals surface area contributed by atoms with E-state index in [2.05, 4.69) is 97.2 Å². The van der Waals surface area contributed by atoms with Crippen molar-refractivity contribution >= 4 is 16.8 Å². The molecule has 0 aromatic heterocycles. The lowest BCUT2D eigenvalue weighted by Crippen LogP contribution is -2.18. The van der Waals surface area contributed by atoms with Crippen LogP contribution in [-0.2, 0) is 0 Å². The van der Waals surface area contributed by atoms with Crippen molar-refractivity contribution in [3.63, 3.8) is 0 Å². The van der Waals surface area contributed by atoms with Crippen LogP contribution < -0.4 is 5.32 Å². The first kappa shape index (κ1) is 14.6. The molecule has 0 amide bonds. The minimum absolute atomic E-state index is 0.360. The number of hydrogen-bond donors (Lipinski definition) is 1. The van der Waals surface area contributed by atoms with Crippen molar-refractivity contribution in [2.24, 2.45) is 0 Å². The van der Waals surface area contributed by atoms with E-state index in [9.17, 15) is 0 Å². The Morgan fingerprint density at radius 1 is 0.864 bits per heavy atom. The van der Waals surface area contributed by atoms with Crippen LogP contribution in [0.25, 0.3) is 16.8 Å². The molecule has 0 saturated carbocycles. The zero-order valence-corrected chi connectivity index (χ0v) is 12.9. The van der Waals surface area contributed by atoms with Gasteiger partial charge in [0, 0.05) is 12.6 Å². The van der Waals surface area contributed by atoms with E-state index in [0.29, 0.717) is 6.04 Å². The van der Waals surface area contributed by atoms with Gasteiger partial charge in [0.1, 0.15) is 0 Å². The van der Waals surface area contributed by atoms with E-state index < -0.39 is 0 Å². The normalized spacial score (nSPS) is 12.8. The molecule has 3 rings (SSSR count). The Kier molecular flexibility index (Phi) is 4.67. The molecule has 1 nitrogen and oxygen atoms in total. The lowest BCUT2D eigenvalue weighted by Gasteiger charge is -2.12. The van der Waals surface area contributed by atoms with Gasteiger partial charge in [0.25, 0.3) is 0 Å². The Hall–Kier alpha value is -2.38. The first-order valence-electron chi connectivity index (χ1n) is 7.77. The molecule has 0 fully saturated rings. The third kappa shape index (κ3) is 3.44. The second-order valence-electron chi connectivity index (χ2n) is 5.51. The SMILES string of the molecule is CC(NC/C=C/c1cccc2ccccc12)c1ccccc1. The summed E-state index contributed by atoms with van der Waals surface area (Å²) in [5, 5.41) is 6.12. The van der Waals surface area contributed by atoms with Crippen LogP contribution in [-0.4, -0.2) is 6.54 Å². The predicted octanol–water partition coefficient (Wildman–Crippen LogP) is 5.20. The highest BCUT2D eigenvalue weighted by atomic mass is 14.9. The summed E-state index contributed by atoms with van der Waals surface area (Å²) in [6.07, 6.45) is 4.40. The molecule has 0 aliphatic carbocycles. The first-order valence-corrected chi connectivity index (χ1v) is 7.77. The number of nitrogens with one attached hydrogen (secondary N) is 1. The minimum Gasteiger partial charge on any atom is -0.307 e. The predicted molar refractivity (Wildman–Crippen MR) is 95.8 cm³/mol. The second kappa shape index (κ2) is 7.06. The van der Waals surface area contributed by atoms with Crippen LogP contribution in [0.4, 0.5) is 0 Å². The van der Waals surface area contributed by atoms with Gasteiger partial charge in [0.05, 0.1) is 0 Å². The highest BCUT2D eigenvalue weighted by Gasteiger charge is 2.01. The summed E-state index contributed by atoms with van der Waals surface area (Å²) in [5.41, 5.74) is 2.59. The summed E-state index contributed by atoms with van der Waals surface area (Å²) < 4.78 is 0. The van der Waals surface area contributed by atoms with Crippen molar-refractivity contribution in [1.29, 1.82) is 0 Å². The molecule has 0 spiro atoms.